The van der Waals surface area contributed by atoms with E-state index in [-0.39, 0.29) is 5.78 Å². The molecule has 4 nitrogen and oxygen atoms in total. The van der Waals surface area contributed by atoms with E-state index >= 15 is 0 Å². The summed E-state index contributed by atoms with van der Waals surface area (Å²) in [4.78, 5) is 16.5. The standard InChI is InChI=1S/C17H21ClN2O2/c1-4-20-12(2)19-11-15(20)16(21)7-5-6-13-8-9-14(18)10-17(13)22-3/h8-11H,4-7H2,1-3H3. The maximum Gasteiger partial charge on any atom is 0.180 e. The number of imidazole rings is 1. The Labute approximate surface area is 136 Å². The Bertz CT molecular complexity index is 665. The van der Waals surface area contributed by atoms with Crippen LogP contribution < -0.4 is 4.74 Å². The molecule has 0 radical (unpaired) electrons. The number of hydrogen-bond donors (Lipinski definition) is 0. The topological polar surface area (TPSA) is 44.1 Å². The molecule has 0 N–H and O–H groups in total. The number of aryl methyl sites for hydroxylation is 2. The van der Waals surface area contributed by atoms with Gasteiger partial charge in [-0.2, -0.15) is 0 Å². The number of rotatable bonds is 7. The first kappa shape index (κ1) is 16.6. The van der Waals surface area contributed by atoms with Crippen LogP contribution in [0.15, 0.2) is 24.4 Å². The second-order valence-electron chi connectivity index (χ2n) is 5.17. The first-order chi connectivity index (χ1) is 10.6. The fourth-order valence-corrected chi connectivity index (χ4v) is 2.74. The maximum atomic E-state index is 12.3. The number of ether oxygens (including phenoxy) is 1. The van der Waals surface area contributed by atoms with Crippen molar-refractivity contribution in [3.05, 3.63) is 46.5 Å². The summed E-state index contributed by atoms with van der Waals surface area (Å²) in [6.07, 6.45) is 3.72. The van der Waals surface area contributed by atoms with Crippen molar-refractivity contribution in [3.8, 4) is 5.75 Å². The molecule has 1 heterocycles. The molecule has 0 bridgehead atoms. The third-order valence-corrected chi connectivity index (χ3v) is 3.99. The van der Waals surface area contributed by atoms with E-state index in [4.69, 9.17) is 16.3 Å². The Morgan fingerprint density at radius 3 is 2.86 bits per heavy atom. The van der Waals surface area contributed by atoms with Crippen molar-refractivity contribution < 1.29 is 9.53 Å². The number of methoxy groups -OCH3 is 1. The van der Waals surface area contributed by atoms with E-state index in [1.807, 2.05) is 30.5 Å². The molecule has 0 amide bonds. The Hall–Kier alpha value is -1.81. The number of hydrogen-bond acceptors (Lipinski definition) is 3. The quantitative estimate of drug-likeness (QED) is 0.722. The molecule has 22 heavy (non-hydrogen) atoms. The second-order valence-corrected chi connectivity index (χ2v) is 5.60. The highest BCUT2D eigenvalue weighted by Crippen LogP contribution is 2.24. The zero-order valence-corrected chi connectivity index (χ0v) is 14.0. The van der Waals surface area contributed by atoms with Crippen LogP contribution in [0.2, 0.25) is 5.02 Å². The minimum absolute atomic E-state index is 0.135. The van der Waals surface area contributed by atoms with Gasteiger partial charge in [-0.05, 0) is 44.4 Å². The molecule has 1 aromatic carbocycles. The summed E-state index contributed by atoms with van der Waals surface area (Å²) in [6, 6.07) is 5.59. The summed E-state index contributed by atoms with van der Waals surface area (Å²) in [5.74, 6) is 1.79. The number of nitrogens with zero attached hydrogens (tertiary/aromatic N) is 2. The number of carbonyl (C=O) groups excluding carboxylic acids is 1. The summed E-state index contributed by atoms with van der Waals surface area (Å²) in [7, 11) is 1.63. The molecule has 0 aliphatic carbocycles. The summed E-state index contributed by atoms with van der Waals surface area (Å²) < 4.78 is 7.27. The Morgan fingerprint density at radius 1 is 1.41 bits per heavy atom. The number of carbonyl (C=O) groups is 1. The lowest BCUT2D eigenvalue weighted by molar-refractivity contribution is 0.0971. The highest BCUT2D eigenvalue weighted by atomic mass is 35.5. The van der Waals surface area contributed by atoms with E-state index in [0.717, 1.165) is 36.5 Å². The Morgan fingerprint density at radius 2 is 2.18 bits per heavy atom. The van der Waals surface area contributed by atoms with Crippen molar-refractivity contribution in [3.63, 3.8) is 0 Å². The van der Waals surface area contributed by atoms with E-state index in [1.165, 1.54) is 0 Å². The van der Waals surface area contributed by atoms with E-state index in [1.54, 1.807) is 19.4 Å². The molecule has 0 saturated carbocycles. The lowest BCUT2D eigenvalue weighted by Gasteiger charge is -2.09. The molecule has 2 aromatic rings. The predicted molar refractivity (Wildman–Crippen MR) is 87.9 cm³/mol. The monoisotopic (exact) mass is 320 g/mol. The van der Waals surface area contributed by atoms with E-state index in [0.29, 0.717) is 17.1 Å². The minimum Gasteiger partial charge on any atom is -0.496 e. The molecule has 0 spiro atoms. The minimum atomic E-state index is 0.135. The lowest BCUT2D eigenvalue weighted by Crippen LogP contribution is -2.09. The van der Waals surface area contributed by atoms with Gasteiger partial charge in [0.1, 0.15) is 17.3 Å². The van der Waals surface area contributed by atoms with E-state index in [2.05, 4.69) is 4.98 Å². The first-order valence-corrected chi connectivity index (χ1v) is 7.82. The molecule has 0 aliphatic heterocycles. The number of ketones is 1. The van der Waals surface area contributed by atoms with Gasteiger partial charge in [-0.1, -0.05) is 17.7 Å². The van der Waals surface area contributed by atoms with Gasteiger partial charge in [0.05, 0.1) is 13.3 Å². The Balaban J connectivity index is 1.97. The molecule has 5 heteroatoms. The van der Waals surface area contributed by atoms with Gasteiger partial charge >= 0.3 is 0 Å². The fourth-order valence-electron chi connectivity index (χ4n) is 2.58. The van der Waals surface area contributed by atoms with Crippen molar-refractivity contribution in [1.29, 1.82) is 0 Å². The molecule has 0 unspecified atom stereocenters. The largest absolute Gasteiger partial charge is 0.496 e. The van der Waals surface area contributed by atoms with Crippen molar-refractivity contribution >= 4 is 17.4 Å². The first-order valence-electron chi connectivity index (χ1n) is 7.44. The SMILES string of the molecule is CCn1c(C(=O)CCCc2ccc(Cl)cc2OC)cnc1C. The summed E-state index contributed by atoms with van der Waals surface area (Å²) in [6.45, 7) is 4.70. The number of Topliss-reactive ketones (excluding diaryl/α,β-unsaturated/α-hetero) is 1. The molecule has 1 aromatic heterocycles. The van der Waals surface area contributed by atoms with Gasteiger partial charge in [-0.25, -0.2) is 4.98 Å². The van der Waals surface area contributed by atoms with Crippen LogP contribution in [0.1, 0.15) is 41.6 Å². The average molecular weight is 321 g/mol. The molecule has 0 aliphatic rings. The average Bonchev–Trinajstić information content (AvgIpc) is 2.89. The van der Waals surface area contributed by atoms with Crippen LogP contribution in [-0.4, -0.2) is 22.4 Å². The smallest absolute Gasteiger partial charge is 0.180 e. The zero-order chi connectivity index (χ0) is 16.1. The van der Waals surface area contributed by atoms with Crippen molar-refractivity contribution in [1.82, 2.24) is 9.55 Å². The van der Waals surface area contributed by atoms with Crippen LogP contribution in [-0.2, 0) is 13.0 Å². The van der Waals surface area contributed by atoms with Gasteiger partial charge in [0.2, 0.25) is 0 Å². The van der Waals surface area contributed by atoms with Crippen LogP contribution in [0.25, 0.3) is 0 Å². The van der Waals surface area contributed by atoms with Gasteiger partial charge in [0.25, 0.3) is 0 Å². The molecular formula is C17H21ClN2O2. The normalized spacial score (nSPS) is 10.7. The van der Waals surface area contributed by atoms with Gasteiger partial charge in [-0.15, -0.1) is 0 Å². The fraction of sp³-hybridized carbons (Fsp3) is 0.412. The molecule has 0 atom stereocenters. The summed E-state index contributed by atoms with van der Waals surface area (Å²) in [5, 5.41) is 0.652. The molecule has 0 fully saturated rings. The number of halogens is 1. The highest BCUT2D eigenvalue weighted by molar-refractivity contribution is 6.30. The van der Waals surface area contributed by atoms with Gasteiger partial charge in [0, 0.05) is 18.0 Å². The van der Waals surface area contributed by atoms with Crippen molar-refractivity contribution in [2.45, 2.75) is 39.7 Å². The van der Waals surface area contributed by atoms with Crippen LogP contribution in [0.5, 0.6) is 5.75 Å². The zero-order valence-electron chi connectivity index (χ0n) is 13.2. The predicted octanol–water partition coefficient (Wildman–Crippen LogP) is 4.08. The van der Waals surface area contributed by atoms with E-state index in [9.17, 15) is 4.79 Å². The Kier molecular flexibility index (Phi) is 5.61. The molecule has 0 saturated heterocycles. The van der Waals surface area contributed by atoms with Gasteiger partial charge in [0.15, 0.2) is 5.78 Å². The third-order valence-electron chi connectivity index (χ3n) is 3.76. The van der Waals surface area contributed by atoms with Gasteiger partial charge in [-0.3, -0.25) is 4.79 Å². The molecule has 118 valence electrons. The summed E-state index contributed by atoms with van der Waals surface area (Å²) in [5.41, 5.74) is 1.77. The van der Waals surface area contributed by atoms with Crippen LogP contribution in [0.4, 0.5) is 0 Å². The second kappa shape index (κ2) is 7.45. The van der Waals surface area contributed by atoms with Gasteiger partial charge < -0.3 is 9.30 Å². The van der Waals surface area contributed by atoms with Crippen LogP contribution >= 0.6 is 11.6 Å². The third kappa shape index (κ3) is 3.69. The van der Waals surface area contributed by atoms with E-state index < -0.39 is 0 Å². The number of benzene rings is 1. The number of aromatic nitrogens is 2. The van der Waals surface area contributed by atoms with Crippen LogP contribution in [0, 0.1) is 6.92 Å². The summed E-state index contributed by atoms with van der Waals surface area (Å²) >= 11 is 5.95. The molecular weight excluding hydrogens is 300 g/mol. The lowest BCUT2D eigenvalue weighted by atomic mass is 10.0. The molecule has 2 rings (SSSR count). The van der Waals surface area contributed by atoms with Crippen molar-refractivity contribution in [2.75, 3.05) is 7.11 Å². The van der Waals surface area contributed by atoms with Crippen molar-refractivity contribution in [2.24, 2.45) is 0 Å². The van der Waals surface area contributed by atoms with Crippen LogP contribution in [0.3, 0.4) is 0 Å². The highest BCUT2D eigenvalue weighted by Gasteiger charge is 2.13. The maximum absolute atomic E-state index is 12.3.